The molecule has 1 aliphatic carbocycles. The van der Waals surface area contributed by atoms with Gasteiger partial charge in [0.2, 0.25) is 5.91 Å². The first-order valence-corrected chi connectivity index (χ1v) is 9.74. The van der Waals surface area contributed by atoms with Crippen molar-refractivity contribution in [2.45, 2.75) is 51.9 Å². The highest BCUT2D eigenvalue weighted by atomic mass is 16.2. The summed E-state index contributed by atoms with van der Waals surface area (Å²) < 4.78 is 0. The molecule has 3 rings (SSSR count). The zero-order valence-electron chi connectivity index (χ0n) is 15.7. The molecule has 140 valence electrons. The third-order valence-corrected chi connectivity index (χ3v) is 4.98. The molecule has 0 aliphatic heterocycles. The molecule has 2 aromatic rings. The molecular weight excluding hydrogens is 338 g/mol. The Hall–Kier alpha value is -2.75. The molecule has 27 heavy (non-hydrogen) atoms. The van der Waals surface area contributed by atoms with Crippen LogP contribution in [0.4, 0.5) is 5.69 Å². The zero-order valence-corrected chi connectivity index (χ0v) is 15.7. The number of carbonyl (C=O) groups excluding carboxylic acids is 3. The van der Waals surface area contributed by atoms with Gasteiger partial charge >= 0.3 is 0 Å². The van der Waals surface area contributed by atoms with Crippen molar-refractivity contribution in [1.29, 1.82) is 0 Å². The standard InChI is InChI=1S/C23H25NO3/c1-2-3-4-5-6-7-15-20(25)24-19-14-10-13-18-21(19)23(27)17-12-9-8-11-16(17)22(18)26/h8-14H,2-7,15H2,1H3,(H,24,25). The number of anilines is 1. The van der Waals surface area contributed by atoms with Crippen LogP contribution in [0.3, 0.4) is 0 Å². The molecule has 2 aromatic carbocycles. The van der Waals surface area contributed by atoms with Gasteiger partial charge in [0.25, 0.3) is 0 Å². The van der Waals surface area contributed by atoms with Gasteiger partial charge in [0.05, 0.1) is 11.3 Å². The fourth-order valence-electron chi connectivity index (χ4n) is 3.53. The zero-order chi connectivity index (χ0) is 19.2. The normalized spacial score (nSPS) is 12.5. The van der Waals surface area contributed by atoms with Crippen LogP contribution in [-0.4, -0.2) is 17.5 Å². The van der Waals surface area contributed by atoms with E-state index in [2.05, 4.69) is 12.2 Å². The molecule has 0 heterocycles. The Kier molecular flexibility index (Phi) is 6.17. The summed E-state index contributed by atoms with van der Waals surface area (Å²) in [5.41, 5.74) is 1.91. The number of rotatable bonds is 8. The molecule has 4 nitrogen and oxygen atoms in total. The van der Waals surface area contributed by atoms with Gasteiger partial charge in [-0.3, -0.25) is 14.4 Å². The van der Waals surface area contributed by atoms with E-state index in [1.807, 2.05) is 0 Å². The molecule has 0 fully saturated rings. The summed E-state index contributed by atoms with van der Waals surface area (Å²) in [6, 6.07) is 11.9. The minimum atomic E-state index is -0.212. The van der Waals surface area contributed by atoms with Crippen molar-refractivity contribution in [3.63, 3.8) is 0 Å². The summed E-state index contributed by atoms with van der Waals surface area (Å²) in [6.07, 6.45) is 7.08. The first-order chi connectivity index (χ1) is 13.1. The van der Waals surface area contributed by atoms with Gasteiger partial charge in [-0.05, 0) is 12.5 Å². The second-order valence-electron chi connectivity index (χ2n) is 7.00. The third kappa shape index (κ3) is 4.16. The average molecular weight is 363 g/mol. The van der Waals surface area contributed by atoms with Crippen LogP contribution in [0.5, 0.6) is 0 Å². The van der Waals surface area contributed by atoms with Crippen LogP contribution in [0.25, 0.3) is 0 Å². The fraction of sp³-hybridized carbons (Fsp3) is 0.348. The Labute approximate surface area is 160 Å². The number of ketones is 2. The Morgan fingerprint density at radius 1 is 0.778 bits per heavy atom. The SMILES string of the molecule is CCCCCCCCC(=O)Nc1cccc2c1C(=O)c1ccccc1C2=O. The maximum atomic E-state index is 12.9. The van der Waals surface area contributed by atoms with Crippen molar-refractivity contribution in [3.8, 4) is 0 Å². The maximum absolute atomic E-state index is 12.9. The summed E-state index contributed by atoms with van der Waals surface area (Å²) >= 11 is 0. The summed E-state index contributed by atoms with van der Waals surface area (Å²) in [5.74, 6) is -0.499. The number of fused-ring (bicyclic) bond motifs is 2. The highest BCUT2D eigenvalue weighted by Gasteiger charge is 2.31. The van der Waals surface area contributed by atoms with Gasteiger partial charge in [0, 0.05) is 23.1 Å². The molecule has 0 saturated heterocycles. The fourth-order valence-corrected chi connectivity index (χ4v) is 3.53. The first-order valence-electron chi connectivity index (χ1n) is 9.74. The van der Waals surface area contributed by atoms with Gasteiger partial charge < -0.3 is 5.32 Å². The second kappa shape index (κ2) is 8.76. The molecule has 0 unspecified atom stereocenters. The topological polar surface area (TPSA) is 63.2 Å². The van der Waals surface area contributed by atoms with Crippen molar-refractivity contribution in [2.75, 3.05) is 5.32 Å². The summed E-state index contributed by atoms with van der Waals surface area (Å²) in [7, 11) is 0. The van der Waals surface area contributed by atoms with E-state index in [9.17, 15) is 14.4 Å². The van der Waals surface area contributed by atoms with Gasteiger partial charge in [-0.1, -0.05) is 75.4 Å². The van der Waals surface area contributed by atoms with Crippen LogP contribution in [0.15, 0.2) is 42.5 Å². The smallest absolute Gasteiger partial charge is 0.224 e. The van der Waals surface area contributed by atoms with Crippen molar-refractivity contribution in [1.82, 2.24) is 0 Å². The van der Waals surface area contributed by atoms with Crippen molar-refractivity contribution in [3.05, 3.63) is 64.7 Å². The van der Waals surface area contributed by atoms with Crippen LogP contribution in [-0.2, 0) is 4.79 Å². The van der Waals surface area contributed by atoms with Gasteiger partial charge in [0.1, 0.15) is 0 Å². The highest BCUT2D eigenvalue weighted by Crippen LogP contribution is 2.32. The summed E-state index contributed by atoms with van der Waals surface area (Å²) in [4.78, 5) is 38.0. The Morgan fingerprint density at radius 2 is 1.41 bits per heavy atom. The molecule has 1 amide bonds. The molecule has 0 bridgehead atoms. The first kappa shape index (κ1) is 19.0. The molecule has 1 N–H and O–H groups in total. The van der Waals surface area contributed by atoms with Crippen LogP contribution in [0.1, 0.15) is 83.7 Å². The lowest BCUT2D eigenvalue weighted by Gasteiger charge is -2.20. The number of benzene rings is 2. The van der Waals surface area contributed by atoms with E-state index in [1.165, 1.54) is 19.3 Å². The number of carbonyl (C=O) groups is 3. The molecule has 0 saturated carbocycles. The molecule has 4 heteroatoms. The van der Waals surface area contributed by atoms with Gasteiger partial charge in [0.15, 0.2) is 11.6 Å². The number of amides is 1. The monoisotopic (exact) mass is 363 g/mol. The Balaban J connectivity index is 1.71. The lowest BCUT2D eigenvalue weighted by Crippen LogP contribution is -2.23. The van der Waals surface area contributed by atoms with Crippen molar-refractivity contribution in [2.24, 2.45) is 0 Å². The predicted octanol–water partition coefficient (Wildman–Crippen LogP) is 5.15. The van der Waals surface area contributed by atoms with E-state index in [0.717, 1.165) is 19.3 Å². The van der Waals surface area contributed by atoms with Crippen molar-refractivity contribution < 1.29 is 14.4 Å². The number of hydrogen-bond acceptors (Lipinski definition) is 3. The van der Waals surface area contributed by atoms with Gasteiger partial charge in [-0.25, -0.2) is 0 Å². The highest BCUT2D eigenvalue weighted by molar-refractivity contribution is 6.30. The molecular formula is C23H25NO3. The molecule has 0 radical (unpaired) electrons. The summed E-state index contributed by atoms with van der Waals surface area (Å²) in [6.45, 7) is 2.18. The minimum Gasteiger partial charge on any atom is -0.325 e. The van der Waals surface area contributed by atoms with E-state index in [1.54, 1.807) is 42.5 Å². The van der Waals surface area contributed by atoms with Crippen LogP contribution < -0.4 is 5.32 Å². The van der Waals surface area contributed by atoms with E-state index < -0.39 is 0 Å². The predicted molar refractivity (Wildman–Crippen MR) is 106 cm³/mol. The largest absolute Gasteiger partial charge is 0.325 e. The third-order valence-electron chi connectivity index (χ3n) is 4.98. The van der Waals surface area contributed by atoms with Gasteiger partial charge in [-0.2, -0.15) is 0 Å². The van der Waals surface area contributed by atoms with Crippen molar-refractivity contribution >= 4 is 23.2 Å². The summed E-state index contributed by atoms with van der Waals surface area (Å²) in [5, 5.41) is 2.84. The lowest BCUT2D eigenvalue weighted by molar-refractivity contribution is -0.116. The average Bonchev–Trinajstić information content (AvgIpc) is 2.68. The van der Waals surface area contributed by atoms with E-state index in [4.69, 9.17) is 0 Å². The van der Waals surface area contributed by atoms with Gasteiger partial charge in [-0.15, -0.1) is 0 Å². The van der Waals surface area contributed by atoms with E-state index >= 15 is 0 Å². The second-order valence-corrected chi connectivity index (χ2v) is 7.00. The Morgan fingerprint density at radius 3 is 2.15 bits per heavy atom. The maximum Gasteiger partial charge on any atom is 0.224 e. The van der Waals surface area contributed by atoms with Crippen LogP contribution in [0, 0.1) is 0 Å². The number of hydrogen-bond donors (Lipinski definition) is 1. The van der Waals surface area contributed by atoms with E-state index in [0.29, 0.717) is 34.4 Å². The molecule has 0 aromatic heterocycles. The van der Waals surface area contributed by atoms with E-state index in [-0.39, 0.29) is 17.5 Å². The minimum absolute atomic E-state index is 0.113. The Bertz CT molecular complexity index is 870. The number of unbranched alkanes of at least 4 members (excludes halogenated alkanes) is 5. The molecule has 0 spiro atoms. The lowest BCUT2D eigenvalue weighted by atomic mass is 9.83. The van der Waals surface area contributed by atoms with Crippen LogP contribution in [0.2, 0.25) is 0 Å². The van der Waals surface area contributed by atoms with Crippen LogP contribution >= 0.6 is 0 Å². The molecule has 1 aliphatic rings. The number of nitrogens with one attached hydrogen (secondary N) is 1. The molecule has 0 atom stereocenters. The quantitative estimate of drug-likeness (QED) is 0.563.